The van der Waals surface area contributed by atoms with Crippen LogP contribution in [0.3, 0.4) is 0 Å². The Morgan fingerprint density at radius 3 is 3.00 bits per heavy atom. The third-order valence-corrected chi connectivity index (χ3v) is 7.04. The fourth-order valence-corrected chi connectivity index (χ4v) is 5.05. The Hall–Kier alpha value is -2.19. The van der Waals surface area contributed by atoms with Crippen LogP contribution in [0.2, 0.25) is 0 Å². The van der Waals surface area contributed by atoms with Gasteiger partial charge in [-0.3, -0.25) is 4.79 Å². The van der Waals surface area contributed by atoms with Crippen LogP contribution in [0.4, 0.5) is 0 Å². The topological polar surface area (TPSA) is 63.9 Å². The number of aromatic nitrogens is 4. The minimum Gasteiger partial charge on any atom is -0.337 e. The molecule has 0 saturated heterocycles. The van der Waals surface area contributed by atoms with E-state index >= 15 is 0 Å². The van der Waals surface area contributed by atoms with Crippen LogP contribution in [0, 0.1) is 13.8 Å². The van der Waals surface area contributed by atoms with Gasteiger partial charge in [0.25, 0.3) is 0 Å². The molecular formula is C19H21N5OS2. The normalized spacial score (nSPS) is 14.9. The third-order valence-electron chi connectivity index (χ3n) is 4.99. The molecule has 0 radical (unpaired) electrons. The molecule has 1 amide bonds. The Morgan fingerprint density at radius 1 is 1.30 bits per heavy atom. The van der Waals surface area contributed by atoms with Crippen molar-refractivity contribution in [2.75, 3.05) is 6.54 Å². The molecule has 1 aliphatic rings. The number of benzene rings is 1. The summed E-state index contributed by atoms with van der Waals surface area (Å²) < 4.78 is 1.73. The first-order valence-corrected chi connectivity index (χ1v) is 10.7. The first kappa shape index (κ1) is 18.2. The number of thioether (sulfide) groups is 1. The number of hydrogen-bond donors (Lipinski definition) is 0. The first-order valence-electron chi connectivity index (χ1n) is 8.90. The van der Waals surface area contributed by atoms with Crippen LogP contribution in [0.25, 0.3) is 5.69 Å². The van der Waals surface area contributed by atoms with Gasteiger partial charge in [0.2, 0.25) is 11.1 Å². The van der Waals surface area contributed by atoms with Gasteiger partial charge in [-0.25, -0.2) is 0 Å². The maximum Gasteiger partial charge on any atom is 0.236 e. The standard InChI is InChI=1S/C19H21N5OS2/c1-12-5-4-6-16(13(12)2)24-19(20-21-22-24)27-14(3)18(25)23-9-7-17-15(11-23)8-10-26-17/h4-6,8,10,14H,7,9,11H2,1-3H3. The molecular weight excluding hydrogens is 378 g/mol. The summed E-state index contributed by atoms with van der Waals surface area (Å²) in [5.41, 5.74) is 4.54. The molecule has 4 rings (SSSR count). The van der Waals surface area contributed by atoms with E-state index in [0.29, 0.717) is 11.7 Å². The van der Waals surface area contributed by atoms with Crippen molar-refractivity contribution >= 4 is 29.0 Å². The molecule has 0 fully saturated rings. The summed E-state index contributed by atoms with van der Waals surface area (Å²) in [7, 11) is 0. The molecule has 0 bridgehead atoms. The lowest BCUT2D eigenvalue weighted by molar-refractivity contribution is -0.131. The number of fused-ring (bicyclic) bond motifs is 1. The second-order valence-electron chi connectivity index (χ2n) is 6.73. The molecule has 0 spiro atoms. The molecule has 1 atom stereocenters. The van der Waals surface area contributed by atoms with Gasteiger partial charge in [0.1, 0.15) is 0 Å². The smallest absolute Gasteiger partial charge is 0.236 e. The molecule has 140 valence electrons. The number of thiophene rings is 1. The molecule has 1 aliphatic heterocycles. The van der Waals surface area contributed by atoms with Gasteiger partial charge in [-0.1, -0.05) is 23.9 Å². The van der Waals surface area contributed by atoms with Crippen molar-refractivity contribution in [3.8, 4) is 5.69 Å². The lowest BCUT2D eigenvalue weighted by Gasteiger charge is -2.29. The van der Waals surface area contributed by atoms with Gasteiger partial charge in [0, 0.05) is 18.0 Å². The number of aryl methyl sites for hydroxylation is 1. The van der Waals surface area contributed by atoms with E-state index in [2.05, 4.69) is 46.9 Å². The van der Waals surface area contributed by atoms with E-state index in [1.54, 1.807) is 16.0 Å². The molecule has 27 heavy (non-hydrogen) atoms. The van der Waals surface area contributed by atoms with Crippen molar-refractivity contribution < 1.29 is 4.79 Å². The first-order chi connectivity index (χ1) is 13.0. The maximum atomic E-state index is 13.0. The van der Waals surface area contributed by atoms with Crippen LogP contribution < -0.4 is 0 Å². The molecule has 1 aromatic carbocycles. The van der Waals surface area contributed by atoms with Crippen molar-refractivity contribution in [1.82, 2.24) is 25.1 Å². The lowest BCUT2D eigenvalue weighted by Crippen LogP contribution is -2.39. The van der Waals surface area contributed by atoms with Gasteiger partial charge in [-0.05, 0) is 71.8 Å². The van der Waals surface area contributed by atoms with E-state index in [1.807, 2.05) is 24.0 Å². The predicted octanol–water partition coefficient (Wildman–Crippen LogP) is 3.41. The van der Waals surface area contributed by atoms with E-state index in [4.69, 9.17) is 0 Å². The fraction of sp³-hybridized carbons (Fsp3) is 0.368. The third kappa shape index (κ3) is 3.51. The number of amides is 1. The Morgan fingerprint density at radius 2 is 2.15 bits per heavy atom. The van der Waals surface area contributed by atoms with Crippen LogP contribution in [0.15, 0.2) is 34.8 Å². The summed E-state index contributed by atoms with van der Waals surface area (Å²) in [5, 5.41) is 14.6. The fourth-order valence-electron chi connectivity index (χ4n) is 3.27. The van der Waals surface area contributed by atoms with Crippen LogP contribution in [-0.4, -0.2) is 42.8 Å². The summed E-state index contributed by atoms with van der Waals surface area (Å²) in [5.74, 6) is 0.132. The summed E-state index contributed by atoms with van der Waals surface area (Å²) in [6.45, 7) is 7.53. The average Bonchev–Trinajstić information content (AvgIpc) is 3.32. The number of tetrazole rings is 1. The summed E-state index contributed by atoms with van der Waals surface area (Å²) in [6.07, 6.45) is 0.941. The van der Waals surface area contributed by atoms with E-state index in [-0.39, 0.29) is 11.2 Å². The lowest BCUT2D eigenvalue weighted by atomic mass is 10.1. The van der Waals surface area contributed by atoms with Crippen molar-refractivity contribution in [3.63, 3.8) is 0 Å². The Labute approximate surface area is 166 Å². The molecule has 6 nitrogen and oxygen atoms in total. The summed E-state index contributed by atoms with van der Waals surface area (Å²) >= 11 is 3.19. The summed E-state index contributed by atoms with van der Waals surface area (Å²) in [6, 6.07) is 8.18. The summed E-state index contributed by atoms with van der Waals surface area (Å²) in [4.78, 5) is 16.3. The van der Waals surface area contributed by atoms with Crippen LogP contribution >= 0.6 is 23.1 Å². The zero-order valence-electron chi connectivity index (χ0n) is 15.5. The molecule has 0 saturated carbocycles. The van der Waals surface area contributed by atoms with Gasteiger partial charge in [-0.15, -0.1) is 16.4 Å². The van der Waals surface area contributed by atoms with E-state index in [9.17, 15) is 4.79 Å². The highest BCUT2D eigenvalue weighted by atomic mass is 32.2. The van der Waals surface area contributed by atoms with E-state index < -0.39 is 0 Å². The molecule has 3 aromatic rings. The molecule has 3 heterocycles. The molecule has 2 aromatic heterocycles. The monoisotopic (exact) mass is 399 g/mol. The van der Waals surface area contributed by atoms with Crippen molar-refractivity contribution in [3.05, 3.63) is 51.2 Å². The maximum absolute atomic E-state index is 13.0. The minimum atomic E-state index is -0.250. The SMILES string of the molecule is Cc1cccc(-n2nnnc2SC(C)C(=O)N2CCc3sccc3C2)c1C. The van der Waals surface area contributed by atoms with Gasteiger partial charge < -0.3 is 4.90 Å². The largest absolute Gasteiger partial charge is 0.337 e. The van der Waals surface area contributed by atoms with E-state index in [1.165, 1.54) is 27.8 Å². The van der Waals surface area contributed by atoms with E-state index in [0.717, 1.165) is 24.2 Å². The average molecular weight is 400 g/mol. The minimum absolute atomic E-state index is 0.132. The van der Waals surface area contributed by atoms with Gasteiger partial charge >= 0.3 is 0 Å². The Balaban J connectivity index is 1.51. The van der Waals surface area contributed by atoms with Gasteiger partial charge in [-0.2, -0.15) is 4.68 Å². The highest BCUT2D eigenvalue weighted by Crippen LogP contribution is 2.29. The number of rotatable bonds is 4. The highest BCUT2D eigenvalue weighted by molar-refractivity contribution is 8.00. The Kier molecular flexibility index (Phi) is 5.01. The van der Waals surface area contributed by atoms with Crippen LogP contribution in [0.1, 0.15) is 28.5 Å². The van der Waals surface area contributed by atoms with Crippen molar-refractivity contribution in [2.24, 2.45) is 0 Å². The predicted molar refractivity (Wildman–Crippen MR) is 107 cm³/mol. The zero-order chi connectivity index (χ0) is 19.0. The number of carbonyl (C=O) groups is 1. The molecule has 0 aliphatic carbocycles. The second kappa shape index (κ2) is 7.44. The zero-order valence-corrected chi connectivity index (χ0v) is 17.2. The molecule has 1 unspecified atom stereocenters. The second-order valence-corrected chi connectivity index (χ2v) is 9.04. The molecule has 8 heteroatoms. The quantitative estimate of drug-likeness (QED) is 0.629. The number of hydrogen-bond acceptors (Lipinski definition) is 6. The van der Waals surface area contributed by atoms with Crippen molar-refractivity contribution in [2.45, 2.75) is 44.1 Å². The van der Waals surface area contributed by atoms with Crippen LogP contribution in [0.5, 0.6) is 0 Å². The molecule has 0 N–H and O–H groups in total. The Bertz CT molecular complexity index is 980. The highest BCUT2D eigenvalue weighted by Gasteiger charge is 2.27. The van der Waals surface area contributed by atoms with Crippen molar-refractivity contribution in [1.29, 1.82) is 0 Å². The van der Waals surface area contributed by atoms with Gasteiger partial charge in [0.05, 0.1) is 10.9 Å². The van der Waals surface area contributed by atoms with Crippen LogP contribution in [-0.2, 0) is 17.8 Å². The number of carbonyl (C=O) groups excluding carboxylic acids is 1. The van der Waals surface area contributed by atoms with Gasteiger partial charge in [0.15, 0.2) is 0 Å². The number of nitrogens with zero attached hydrogens (tertiary/aromatic N) is 5.